The first-order chi connectivity index (χ1) is 8.97. The molecular weight excluding hydrogens is 263 g/mol. The van der Waals surface area contributed by atoms with Gasteiger partial charge >= 0.3 is 0 Å². The molecule has 1 unspecified atom stereocenters. The lowest BCUT2D eigenvalue weighted by molar-refractivity contribution is 0.619. The average Bonchev–Trinajstić information content (AvgIpc) is 2.36. The fourth-order valence-corrected chi connectivity index (χ4v) is 2.11. The molecule has 0 fully saturated rings. The van der Waals surface area contributed by atoms with Gasteiger partial charge in [-0.3, -0.25) is 0 Å². The minimum absolute atomic E-state index is 0.0332. The molecule has 0 amide bonds. The van der Waals surface area contributed by atoms with Crippen molar-refractivity contribution in [3.05, 3.63) is 58.4 Å². The molecule has 0 saturated heterocycles. The summed E-state index contributed by atoms with van der Waals surface area (Å²) in [5.41, 5.74) is 8.56. The number of nitrogens with two attached hydrogens (primary N) is 1. The monoisotopic (exact) mass is 278 g/mol. The standard InChI is InChI=1S/C15H16ClFN2/c1-9-6-15(14(18)8-13(9)17)19-10(2)11-4-3-5-12(16)7-11/h3-8,10,19H,18H2,1-2H3. The molecule has 100 valence electrons. The minimum atomic E-state index is -0.293. The summed E-state index contributed by atoms with van der Waals surface area (Å²) < 4.78 is 13.3. The first kappa shape index (κ1) is 13.7. The highest BCUT2D eigenvalue weighted by molar-refractivity contribution is 6.30. The van der Waals surface area contributed by atoms with Crippen LogP contribution in [0.1, 0.15) is 24.1 Å². The van der Waals surface area contributed by atoms with E-state index in [1.807, 2.05) is 31.2 Å². The van der Waals surface area contributed by atoms with Gasteiger partial charge in [-0.25, -0.2) is 4.39 Å². The number of benzene rings is 2. The number of hydrogen-bond acceptors (Lipinski definition) is 2. The van der Waals surface area contributed by atoms with E-state index in [2.05, 4.69) is 5.32 Å². The van der Waals surface area contributed by atoms with Crippen LogP contribution in [0.2, 0.25) is 5.02 Å². The Morgan fingerprint density at radius 1 is 1.26 bits per heavy atom. The number of rotatable bonds is 3. The summed E-state index contributed by atoms with van der Waals surface area (Å²) >= 11 is 5.97. The van der Waals surface area contributed by atoms with Gasteiger partial charge < -0.3 is 11.1 Å². The molecule has 0 aliphatic carbocycles. The summed E-state index contributed by atoms with van der Waals surface area (Å²) in [5.74, 6) is -0.293. The molecule has 2 aromatic rings. The Kier molecular flexibility index (Phi) is 3.96. The molecule has 3 N–H and O–H groups in total. The maximum Gasteiger partial charge on any atom is 0.128 e. The maximum absolute atomic E-state index is 13.3. The maximum atomic E-state index is 13.3. The van der Waals surface area contributed by atoms with E-state index < -0.39 is 0 Å². The molecule has 1 atom stereocenters. The predicted molar refractivity (Wildman–Crippen MR) is 79.0 cm³/mol. The van der Waals surface area contributed by atoms with Crippen LogP contribution in [0, 0.1) is 12.7 Å². The van der Waals surface area contributed by atoms with Crippen molar-refractivity contribution in [2.24, 2.45) is 0 Å². The van der Waals surface area contributed by atoms with E-state index in [-0.39, 0.29) is 11.9 Å². The summed E-state index contributed by atoms with van der Waals surface area (Å²) in [4.78, 5) is 0. The normalized spacial score (nSPS) is 12.2. The highest BCUT2D eigenvalue weighted by Crippen LogP contribution is 2.27. The van der Waals surface area contributed by atoms with Gasteiger partial charge in [0.15, 0.2) is 0 Å². The molecule has 0 aromatic heterocycles. The van der Waals surface area contributed by atoms with Crippen molar-refractivity contribution in [3.8, 4) is 0 Å². The average molecular weight is 279 g/mol. The van der Waals surface area contributed by atoms with Crippen molar-refractivity contribution in [2.45, 2.75) is 19.9 Å². The topological polar surface area (TPSA) is 38.0 Å². The Hall–Kier alpha value is -1.74. The zero-order valence-corrected chi connectivity index (χ0v) is 11.6. The van der Waals surface area contributed by atoms with E-state index in [4.69, 9.17) is 17.3 Å². The van der Waals surface area contributed by atoms with Crippen LogP contribution in [-0.2, 0) is 0 Å². The lowest BCUT2D eigenvalue weighted by Crippen LogP contribution is -2.09. The molecule has 0 heterocycles. The quantitative estimate of drug-likeness (QED) is 0.809. The van der Waals surface area contributed by atoms with Crippen LogP contribution >= 0.6 is 11.6 Å². The first-order valence-corrected chi connectivity index (χ1v) is 6.43. The Balaban J connectivity index is 2.24. The second kappa shape index (κ2) is 5.49. The summed E-state index contributed by atoms with van der Waals surface area (Å²) in [5, 5.41) is 3.96. The van der Waals surface area contributed by atoms with Gasteiger partial charge in [0.25, 0.3) is 0 Å². The first-order valence-electron chi connectivity index (χ1n) is 6.05. The highest BCUT2D eigenvalue weighted by Gasteiger charge is 2.10. The third-order valence-electron chi connectivity index (χ3n) is 3.05. The SMILES string of the molecule is Cc1cc(NC(C)c2cccc(Cl)c2)c(N)cc1F. The molecule has 0 aliphatic heterocycles. The second-order valence-electron chi connectivity index (χ2n) is 4.61. The van der Waals surface area contributed by atoms with Crippen LogP contribution in [0.3, 0.4) is 0 Å². The third kappa shape index (κ3) is 3.18. The lowest BCUT2D eigenvalue weighted by Gasteiger charge is -2.18. The van der Waals surface area contributed by atoms with Gasteiger partial charge in [-0.05, 0) is 49.2 Å². The van der Waals surface area contributed by atoms with Crippen molar-refractivity contribution in [3.63, 3.8) is 0 Å². The molecule has 0 spiro atoms. The summed E-state index contributed by atoms with van der Waals surface area (Å²) in [6.07, 6.45) is 0. The molecule has 2 aromatic carbocycles. The van der Waals surface area contributed by atoms with Gasteiger partial charge in [0, 0.05) is 11.1 Å². The van der Waals surface area contributed by atoms with Crippen LogP contribution in [0.5, 0.6) is 0 Å². The lowest BCUT2D eigenvalue weighted by atomic mass is 10.1. The van der Waals surface area contributed by atoms with Gasteiger partial charge in [0.2, 0.25) is 0 Å². The zero-order valence-electron chi connectivity index (χ0n) is 10.9. The van der Waals surface area contributed by atoms with Gasteiger partial charge in [-0.15, -0.1) is 0 Å². The van der Waals surface area contributed by atoms with Gasteiger partial charge in [-0.2, -0.15) is 0 Å². The molecule has 4 heteroatoms. The van der Waals surface area contributed by atoms with E-state index in [1.165, 1.54) is 6.07 Å². The third-order valence-corrected chi connectivity index (χ3v) is 3.29. The molecule has 0 bridgehead atoms. The largest absolute Gasteiger partial charge is 0.397 e. The second-order valence-corrected chi connectivity index (χ2v) is 5.05. The van der Waals surface area contributed by atoms with Crippen LogP contribution in [0.15, 0.2) is 36.4 Å². The molecular formula is C15H16ClFN2. The van der Waals surface area contributed by atoms with Crippen molar-refractivity contribution in [2.75, 3.05) is 11.1 Å². The summed E-state index contributed by atoms with van der Waals surface area (Å²) in [6.45, 7) is 3.72. The molecule has 0 aliphatic rings. The van der Waals surface area contributed by atoms with Crippen molar-refractivity contribution >= 4 is 23.0 Å². The number of halogens is 2. The smallest absolute Gasteiger partial charge is 0.128 e. The van der Waals surface area contributed by atoms with Crippen LogP contribution in [0.4, 0.5) is 15.8 Å². The minimum Gasteiger partial charge on any atom is -0.397 e. The van der Waals surface area contributed by atoms with Crippen molar-refractivity contribution in [1.82, 2.24) is 0 Å². The summed E-state index contributed by atoms with van der Waals surface area (Å²) in [6, 6.07) is 10.7. The Morgan fingerprint density at radius 2 is 2.00 bits per heavy atom. The van der Waals surface area contributed by atoms with E-state index in [9.17, 15) is 4.39 Å². The van der Waals surface area contributed by atoms with E-state index in [1.54, 1.807) is 13.0 Å². The summed E-state index contributed by atoms with van der Waals surface area (Å²) in [7, 11) is 0. The van der Waals surface area contributed by atoms with Crippen LogP contribution in [-0.4, -0.2) is 0 Å². The van der Waals surface area contributed by atoms with Gasteiger partial charge in [0.1, 0.15) is 5.82 Å². The molecule has 2 rings (SSSR count). The molecule has 2 nitrogen and oxygen atoms in total. The van der Waals surface area contributed by atoms with E-state index in [0.717, 1.165) is 11.3 Å². The number of anilines is 2. The Bertz CT molecular complexity index is 599. The fourth-order valence-electron chi connectivity index (χ4n) is 1.91. The Labute approximate surface area is 117 Å². The zero-order chi connectivity index (χ0) is 14.0. The van der Waals surface area contributed by atoms with Gasteiger partial charge in [0.05, 0.1) is 11.4 Å². The number of nitrogen functional groups attached to an aromatic ring is 1. The van der Waals surface area contributed by atoms with Crippen molar-refractivity contribution in [1.29, 1.82) is 0 Å². The van der Waals surface area contributed by atoms with E-state index in [0.29, 0.717) is 16.3 Å². The van der Waals surface area contributed by atoms with Gasteiger partial charge in [-0.1, -0.05) is 23.7 Å². The molecule has 0 radical (unpaired) electrons. The number of nitrogens with one attached hydrogen (secondary N) is 1. The molecule has 0 saturated carbocycles. The van der Waals surface area contributed by atoms with E-state index >= 15 is 0 Å². The number of hydrogen-bond donors (Lipinski definition) is 2. The number of aryl methyl sites for hydroxylation is 1. The van der Waals surface area contributed by atoms with Crippen LogP contribution in [0.25, 0.3) is 0 Å². The Morgan fingerprint density at radius 3 is 2.68 bits per heavy atom. The predicted octanol–water partition coefficient (Wildman–Crippen LogP) is 4.54. The fraction of sp³-hybridized carbons (Fsp3) is 0.200. The highest BCUT2D eigenvalue weighted by atomic mass is 35.5. The van der Waals surface area contributed by atoms with Crippen LogP contribution < -0.4 is 11.1 Å². The van der Waals surface area contributed by atoms with Crippen molar-refractivity contribution < 1.29 is 4.39 Å². The molecule has 19 heavy (non-hydrogen) atoms.